The minimum Gasteiger partial charge on any atom is -0.309 e. The van der Waals surface area contributed by atoms with Crippen LogP contribution in [0, 0.1) is 50.4 Å². The second-order valence-corrected chi connectivity index (χ2v) is 21.0. The number of hydrogen-bond donors (Lipinski definition) is 0. The summed E-state index contributed by atoms with van der Waals surface area (Å²) in [6, 6.07) is 79.4. The maximum Gasteiger partial charge on any atom is 0.416 e. The van der Waals surface area contributed by atoms with Crippen LogP contribution in [0.1, 0.15) is 38.9 Å². The molecule has 0 radical (unpaired) electrons. The highest BCUT2D eigenvalue weighted by atomic mass is 19.4. The van der Waals surface area contributed by atoms with Crippen molar-refractivity contribution in [2.45, 2.75) is 33.9 Å². The van der Waals surface area contributed by atoms with Gasteiger partial charge < -0.3 is 9.13 Å². The van der Waals surface area contributed by atoms with Gasteiger partial charge in [-0.15, -0.1) is 0 Å². The Bertz CT molecular complexity index is 4580. The van der Waals surface area contributed by atoms with Gasteiger partial charge in [0.2, 0.25) is 0 Å². The summed E-state index contributed by atoms with van der Waals surface area (Å²) in [6.07, 6.45) is -4.69. The zero-order chi connectivity index (χ0) is 55.0. The summed E-state index contributed by atoms with van der Waals surface area (Å²) in [5, 5.41) is 26.3. The van der Waals surface area contributed by atoms with Crippen LogP contribution in [0.15, 0.2) is 224 Å². The number of nitrogens with zero attached hydrogens (tertiary/aromatic N) is 4. The van der Waals surface area contributed by atoms with Crippen LogP contribution in [0.25, 0.3) is 122 Å². The number of fused-ring (bicyclic) bond motifs is 6. The van der Waals surface area contributed by atoms with Gasteiger partial charge in [-0.1, -0.05) is 168 Å². The Balaban J connectivity index is 1.16. The molecule has 4 nitrogen and oxygen atoms in total. The summed E-state index contributed by atoms with van der Waals surface area (Å²) in [6.45, 7) is 8.35. The summed E-state index contributed by atoms with van der Waals surface area (Å²) in [4.78, 5) is 0. The van der Waals surface area contributed by atoms with Crippen LogP contribution >= 0.6 is 0 Å². The van der Waals surface area contributed by atoms with Gasteiger partial charge in [0.1, 0.15) is 0 Å². The first-order chi connectivity index (χ1) is 38.8. The van der Waals surface area contributed by atoms with Crippen molar-refractivity contribution < 1.29 is 13.2 Å². The van der Waals surface area contributed by atoms with E-state index in [2.05, 4.69) is 219 Å². The first-order valence-electron chi connectivity index (χ1n) is 26.6. The van der Waals surface area contributed by atoms with E-state index in [-0.39, 0.29) is 5.56 Å². The highest BCUT2D eigenvalue weighted by Gasteiger charge is 2.32. The Labute approximate surface area is 461 Å². The molecule has 0 fully saturated rings. The van der Waals surface area contributed by atoms with Gasteiger partial charge in [0.25, 0.3) is 0 Å². The SMILES string of the molecule is Cc1cccc(-c2ccc3c(c2)c2cc(-c4cccc(C)c4)ccc2n3-c2cccc(C#N)c2-c2c(-c3ccc(C(F)(F)F)cc3C#N)cccc2-n2c3ccc(-c4cccc(C)c4)cc3c3cc(-c4cccc(C)c4)ccc32)c1. The molecule has 13 aromatic rings. The van der Waals surface area contributed by atoms with E-state index in [0.29, 0.717) is 39.2 Å². The summed E-state index contributed by atoms with van der Waals surface area (Å²) in [5.41, 5.74) is 19.2. The predicted octanol–water partition coefficient (Wildman–Crippen LogP) is 19.9. The molecule has 0 bridgehead atoms. The molecule has 0 aliphatic rings. The summed E-state index contributed by atoms with van der Waals surface area (Å²) >= 11 is 0. The van der Waals surface area contributed by atoms with Crippen molar-refractivity contribution in [1.82, 2.24) is 9.13 Å². The lowest BCUT2D eigenvalue weighted by Crippen LogP contribution is -2.07. The average molecular weight is 1040 g/mol. The Morgan fingerprint density at radius 2 is 0.675 bits per heavy atom. The van der Waals surface area contributed by atoms with Crippen LogP contribution in [-0.2, 0) is 6.18 Å². The number of nitriles is 2. The highest BCUT2D eigenvalue weighted by Crippen LogP contribution is 2.48. The van der Waals surface area contributed by atoms with Crippen molar-refractivity contribution in [3.05, 3.63) is 263 Å². The van der Waals surface area contributed by atoms with Gasteiger partial charge in [-0.05, 0) is 157 Å². The van der Waals surface area contributed by atoms with Crippen LogP contribution in [0.5, 0.6) is 0 Å². The average Bonchev–Trinajstić information content (AvgIpc) is 4.01. The quantitative estimate of drug-likeness (QED) is 0.152. The third kappa shape index (κ3) is 8.48. The van der Waals surface area contributed by atoms with Crippen LogP contribution in [0.3, 0.4) is 0 Å². The van der Waals surface area contributed by atoms with Gasteiger partial charge in [-0.3, -0.25) is 0 Å². The van der Waals surface area contributed by atoms with E-state index in [1.807, 2.05) is 30.3 Å². The first kappa shape index (κ1) is 49.4. The molecular formula is C73H49F3N4. The maximum absolute atomic E-state index is 14.5. The Morgan fingerprint density at radius 3 is 1.04 bits per heavy atom. The van der Waals surface area contributed by atoms with Crippen LogP contribution in [0.2, 0.25) is 0 Å². The van der Waals surface area contributed by atoms with Crippen molar-refractivity contribution >= 4 is 43.6 Å². The number of alkyl halides is 3. The number of benzene rings is 11. The van der Waals surface area contributed by atoms with E-state index >= 15 is 0 Å². The van der Waals surface area contributed by atoms with Gasteiger partial charge in [-0.2, -0.15) is 23.7 Å². The second kappa shape index (κ2) is 19.4. The van der Waals surface area contributed by atoms with Crippen molar-refractivity contribution in [3.63, 3.8) is 0 Å². The molecule has 0 aliphatic heterocycles. The Kier molecular flexibility index (Phi) is 11.9. The fourth-order valence-corrected chi connectivity index (χ4v) is 11.9. The lowest BCUT2D eigenvalue weighted by Gasteiger charge is -2.23. The van der Waals surface area contributed by atoms with Crippen LogP contribution < -0.4 is 0 Å². The standard InChI is InChI=1S/C73H49F3N4/c1-44-11-5-15-48(33-44)52-23-29-65-61(38-52)62-39-53(49-16-6-12-45(2)34-49)24-30-66(62)79(65)69-21-9-19-56(42-77)71(69)72-60(59-28-27-58(73(74,75)76)37-57(59)43-78)20-10-22-70(72)80-67-31-25-54(50-17-7-13-46(3)35-50)40-63(67)64-41-55(26-32-68(64)80)51-18-8-14-47(4)36-51/h5-41H,1-4H3. The Morgan fingerprint density at radius 1 is 0.325 bits per heavy atom. The summed E-state index contributed by atoms with van der Waals surface area (Å²) in [5.74, 6) is 0. The number of aryl methyl sites for hydroxylation is 4. The van der Waals surface area contributed by atoms with Gasteiger partial charge in [-0.25, -0.2) is 0 Å². The Hall–Kier alpha value is -10.2. The zero-order valence-corrected chi connectivity index (χ0v) is 44.3. The molecular weight excluding hydrogens is 990 g/mol. The van der Waals surface area contributed by atoms with Crippen molar-refractivity contribution in [3.8, 4) is 90.3 Å². The molecule has 0 unspecified atom stereocenters. The van der Waals surface area contributed by atoms with Gasteiger partial charge in [0.15, 0.2) is 0 Å². The van der Waals surface area contributed by atoms with E-state index in [9.17, 15) is 23.7 Å². The smallest absolute Gasteiger partial charge is 0.309 e. The number of rotatable bonds is 8. The van der Waals surface area contributed by atoms with E-state index < -0.39 is 11.7 Å². The molecule has 2 heterocycles. The lowest BCUT2D eigenvalue weighted by atomic mass is 9.87. The molecule has 0 aliphatic carbocycles. The molecule has 0 amide bonds. The van der Waals surface area contributed by atoms with Crippen LogP contribution in [-0.4, -0.2) is 9.13 Å². The molecule has 382 valence electrons. The third-order valence-corrected chi connectivity index (χ3v) is 15.6. The van der Waals surface area contributed by atoms with Gasteiger partial charge in [0.05, 0.1) is 62.3 Å². The van der Waals surface area contributed by atoms with Crippen LogP contribution in [0.4, 0.5) is 13.2 Å². The van der Waals surface area contributed by atoms with Crippen molar-refractivity contribution in [2.75, 3.05) is 0 Å². The number of halogens is 3. The predicted molar refractivity (Wildman–Crippen MR) is 321 cm³/mol. The molecule has 13 rings (SSSR count). The fourth-order valence-electron chi connectivity index (χ4n) is 11.9. The van der Waals surface area contributed by atoms with E-state index in [0.717, 1.165) is 123 Å². The summed E-state index contributed by atoms with van der Waals surface area (Å²) in [7, 11) is 0. The monoisotopic (exact) mass is 1040 g/mol. The van der Waals surface area contributed by atoms with Crippen molar-refractivity contribution in [2.24, 2.45) is 0 Å². The third-order valence-electron chi connectivity index (χ3n) is 15.6. The fraction of sp³-hybridized carbons (Fsp3) is 0.0685. The second-order valence-electron chi connectivity index (χ2n) is 21.0. The topological polar surface area (TPSA) is 57.4 Å². The molecule has 0 spiro atoms. The molecule has 7 heteroatoms. The van der Waals surface area contributed by atoms with E-state index in [1.165, 1.54) is 6.07 Å². The molecule has 0 saturated carbocycles. The molecule has 80 heavy (non-hydrogen) atoms. The molecule has 11 aromatic carbocycles. The first-order valence-corrected chi connectivity index (χ1v) is 26.6. The van der Waals surface area contributed by atoms with E-state index in [4.69, 9.17) is 0 Å². The van der Waals surface area contributed by atoms with Gasteiger partial charge in [0, 0.05) is 38.2 Å². The largest absolute Gasteiger partial charge is 0.416 e. The zero-order valence-electron chi connectivity index (χ0n) is 44.3. The minimum atomic E-state index is -4.69. The minimum absolute atomic E-state index is 0.147. The molecule has 2 aromatic heterocycles. The lowest BCUT2D eigenvalue weighted by molar-refractivity contribution is -0.137. The van der Waals surface area contributed by atoms with Crippen molar-refractivity contribution in [1.29, 1.82) is 10.5 Å². The van der Waals surface area contributed by atoms with E-state index in [1.54, 1.807) is 6.07 Å². The highest BCUT2D eigenvalue weighted by molar-refractivity contribution is 6.15. The number of hydrogen-bond acceptors (Lipinski definition) is 2. The maximum atomic E-state index is 14.5. The van der Waals surface area contributed by atoms with Gasteiger partial charge >= 0.3 is 6.18 Å². The molecule has 0 atom stereocenters. The summed E-state index contributed by atoms with van der Waals surface area (Å²) < 4.78 is 48.0. The number of aromatic nitrogens is 2. The molecule has 0 saturated heterocycles. The molecule has 0 N–H and O–H groups in total. The normalized spacial score (nSPS) is 11.7.